The zero-order valence-electron chi connectivity index (χ0n) is 15.4. The molecule has 0 aliphatic carbocycles. The Morgan fingerprint density at radius 1 is 1.04 bits per heavy atom. The summed E-state index contributed by atoms with van der Waals surface area (Å²) in [5, 5.41) is 0. The molecule has 0 radical (unpaired) electrons. The van der Waals surface area contributed by atoms with Gasteiger partial charge in [0.1, 0.15) is 11.5 Å². The van der Waals surface area contributed by atoms with Gasteiger partial charge in [-0.25, -0.2) is 9.78 Å². The average Bonchev–Trinajstić information content (AvgIpc) is 2.66. The zero-order valence-corrected chi connectivity index (χ0v) is 15.4. The van der Waals surface area contributed by atoms with Gasteiger partial charge in [-0.1, -0.05) is 0 Å². The highest BCUT2D eigenvalue weighted by atomic mass is 19.4. The molecule has 2 aromatic rings. The standard InChI is InChI=1S/C19H20F3NO5/c1-3-25-12-16(18(24)26-4-2)27-14-6-8-15(9-7-14)28-17-10-5-13(11-23-17)19(20,21)22/h5-11,16H,3-4,12H2,1-2H3. The smallest absolute Gasteiger partial charge is 0.417 e. The van der Waals surface area contributed by atoms with E-state index in [2.05, 4.69) is 4.98 Å². The predicted molar refractivity (Wildman–Crippen MR) is 93.3 cm³/mol. The average molecular weight is 399 g/mol. The van der Waals surface area contributed by atoms with Crippen LogP contribution < -0.4 is 9.47 Å². The van der Waals surface area contributed by atoms with E-state index in [4.69, 9.17) is 18.9 Å². The largest absolute Gasteiger partial charge is 0.476 e. The Morgan fingerprint density at radius 3 is 2.25 bits per heavy atom. The van der Waals surface area contributed by atoms with E-state index < -0.39 is 23.8 Å². The molecular weight excluding hydrogens is 379 g/mol. The van der Waals surface area contributed by atoms with E-state index in [0.29, 0.717) is 24.3 Å². The molecule has 0 spiro atoms. The minimum absolute atomic E-state index is 0.0161. The monoisotopic (exact) mass is 399 g/mol. The van der Waals surface area contributed by atoms with Crippen molar-refractivity contribution in [2.24, 2.45) is 0 Å². The molecule has 0 aliphatic rings. The second-order valence-electron chi connectivity index (χ2n) is 5.47. The van der Waals surface area contributed by atoms with Gasteiger partial charge in [-0.2, -0.15) is 13.2 Å². The number of alkyl halides is 3. The van der Waals surface area contributed by atoms with Gasteiger partial charge < -0.3 is 18.9 Å². The van der Waals surface area contributed by atoms with Crippen LogP contribution in [-0.4, -0.2) is 36.9 Å². The van der Waals surface area contributed by atoms with Crippen molar-refractivity contribution in [3.63, 3.8) is 0 Å². The van der Waals surface area contributed by atoms with Gasteiger partial charge >= 0.3 is 12.1 Å². The first-order valence-corrected chi connectivity index (χ1v) is 8.55. The maximum Gasteiger partial charge on any atom is 0.417 e. The molecule has 1 aromatic carbocycles. The summed E-state index contributed by atoms with van der Waals surface area (Å²) in [6, 6.07) is 8.20. The summed E-state index contributed by atoms with van der Waals surface area (Å²) >= 11 is 0. The minimum atomic E-state index is -4.46. The number of ether oxygens (including phenoxy) is 4. The van der Waals surface area contributed by atoms with Crippen LogP contribution >= 0.6 is 0 Å². The van der Waals surface area contributed by atoms with Crippen LogP contribution in [0, 0.1) is 0 Å². The van der Waals surface area contributed by atoms with Crippen LogP contribution in [-0.2, 0) is 20.4 Å². The molecule has 0 bridgehead atoms. The fraction of sp³-hybridized carbons (Fsp3) is 0.368. The Kier molecular flexibility index (Phi) is 7.62. The fourth-order valence-corrected chi connectivity index (χ4v) is 2.09. The number of nitrogens with zero attached hydrogens (tertiary/aromatic N) is 1. The van der Waals surface area contributed by atoms with Gasteiger partial charge in [0, 0.05) is 18.9 Å². The van der Waals surface area contributed by atoms with Crippen LogP contribution in [0.4, 0.5) is 13.2 Å². The van der Waals surface area contributed by atoms with Gasteiger partial charge in [0.25, 0.3) is 0 Å². The van der Waals surface area contributed by atoms with Gasteiger partial charge in [-0.3, -0.25) is 0 Å². The lowest BCUT2D eigenvalue weighted by molar-refractivity contribution is -0.154. The number of esters is 1. The van der Waals surface area contributed by atoms with Crippen molar-refractivity contribution in [2.75, 3.05) is 19.8 Å². The number of rotatable bonds is 9. The fourth-order valence-electron chi connectivity index (χ4n) is 2.09. The van der Waals surface area contributed by atoms with Crippen molar-refractivity contribution >= 4 is 5.97 Å². The van der Waals surface area contributed by atoms with Crippen LogP contribution in [0.3, 0.4) is 0 Å². The van der Waals surface area contributed by atoms with Crippen molar-refractivity contribution in [1.29, 1.82) is 0 Å². The van der Waals surface area contributed by atoms with Crippen molar-refractivity contribution < 1.29 is 36.9 Å². The minimum Gasteiger partial charge on any atom is -0.476 e. The molecule has 0 fully saturated rings. The molecule has 0 aliphatic heterocycles. The van der Waals surface area contributed by atoms with Gasteiger partial charge in [0.15, 0.2) is 0 Å². The topological polar surface area (TPSA) is 66.9 Å². The molecule has 1 atom stereocenters. The lowest BCUT2D eigenvalue weighted by Crippen LogP contribution is -2.34. The number of carbonyl (C=O) groups is 1. The molecule has 0 amide bonds. The van der Waals surface area contributed by atoms with Gasteiger partial charge in [-0.05, 0) is 44.2 Å². The van der Waals surface area contributed by atoms with Crippen molar-refractivity contribution in [3.05, 3.63) is 48.2 Å². The summed E-state index contributed by atoms with van der Waals surface area (Å²) in [4.78, 5) is 15.6. The molecule has 1 heterocycles. The first kappa shape index (κ1) is 21.5. The van der Waals surface area contributed by atoms with E-state index in [9.17, 15) is 18.0 Å². The molecule has 6 nitrogen and oxygen atoms in total. The lowest BCUT2D eigenvalue weighted by Gasteiger charge is -2.17. The molecule has 9 heteroatoms. The van der Waals surface area contributed by atoms with E-state index in [1.165, 1.54) is 12.1 Å². The third-order valence-electron chi connectivity index (χ3n) is 3.41. The summed E-state index contributed by atoms with van der Waals surface area (Å²) in [5.74, 6) is 0.204. The zero-order chi connectivity index (χ0) is 20.6. The van der Waals surface area contributed by atoms with Crippen molar-refractivity contribution in [2.45, 2.75) is 26.1 Å². The van der Waals surface area contributed by atoms with Gasteiger partial charge in [-0.15, -0.1) is 0 Å². The van der Waals surface area contributed by atoms with Crippen LogP contribution in [0.1, 0.15) is 19.4 Å². The summed E-state index contributed by atoms with van der Waals surface area (Å²) in [6.45, 7) is 4.17. The van der Waals surface area contributed by atoms with E-state index in [0.717, 1.165) is 12.1 Å². The number of pyridine rings is 1. The molecule has 0 N–H and O–H groups in total. The van der Waals surface area contributed by atoms with E-state index in [-0.39, 0.29) is 19.1 Å². The molecule has 0 saturated carbocycles. The number of hydrogen-bond acceptors (Lipinski definition) is 6. The van der Waals surface area contributed by atoms with Gasteiger partial charge in [0.05, 0.1) is 18.8 Å². The van der Waals surface area contributed by atoms with Crippen LogP contribution in [0.5, 0.6) is 17.4 Å². The second kappa shape index (κ2) is 9.93. The third kappa shape index (κ3) is 6.41. The van der Waals surface area contributed by atoms with E-state index >= 15 is 0 Å². The van der Waals surface area contributed by atoms with Crippen molar-refractivity contribution in [3.8, 4) is 17.4 Å². The second-order valence-corrected chi connectivity index (χ2v) is 5.47. The van der Waals surface area contributed by atoms with Crippen molar-refractivity contribution in [1.82, 2.24) is 4.98 Å². The van der Waals surface area contributed by atoms with Crippen LogP contribution in [0.15, 0.2) is 42.6 Å². The number of halogens is 3. The van der Waals surface area contributed by atoms with Crippen LogP contribution in [0.2, 0.25) is 0 Å². The third-order valence-corrected chi connectivity index (χ3v) is 3.41. The summed E-state index contributed by atoms with van der Waals surface area (Å²) in [6.07, 6.45) is -4.67. The molecule has 1 aromatic heterocycles. The highest BCUT2D eigenvalue weighted by molar-refractivity contribution is 5.75. The predicted octanol–water partition coefficient (Wildman–Crippen LogP) is 4.24. The van der Waals surface area contributed by atoms with E-state index in [1.54, 1.807) is 26.0 Å². The molecule has 2 rings (SSSR count). The SMILES string of the molecule is CCOCC(Oc1ccc(Oc2ccc(C(F)(F)F)cn2)cc1)C(=O)OCC. The Hall–Kier alpha value is -2.81. The summed E-state index contributed by atoms with van der Waals surface area (Å²) in [5.41, 5.74) is -0.858. The van der Waals surface area contributed by atoms with Gasteiger partial charge in [0.2, 0.25) is 12.0 Å². The Morgan fingerprint density at radius 2 is 1.71 bits per heavy atom. The molecule has 28 heavy (non-hydrogen) atoms. The number of hydrogen-bond donors (Lipinski definition) is 0. The Bertz CT molecular complexity index is 748. The Labute approximate surface area is 160 Å². The highest BCUT2D eigenvalue weighted by Crippen LogP contribution is 2.30. The quantitative estimate of drug-likeness (QED) is 0.588. The molecular formula is C19H20F3NO5. The number of carbonyl (C=O) groups excluding carboxylic acids is 1. The number of aromatic nitrogens is 1. The summed E-state index contributed by atoms with van der Waals surface area (Å²) in [7, 11) is 0. The first-order valence-electron chi connectivity index (χ1n) is 8.55. The first-order chi connectivity index (χ1) is 13.3. The molecule has 152 valence electrons. The number of benzene rings is 1. The highest BCUT2D eigenvalue weighted by Gasteiger charge is 2.30. The maximum absolute atomic E-state index is 12.5. The summed E-state index contributed by atoms with van der Waals surface area (Å²) < 4.78 is 58.8. The maximum atomic E-state index is 12.5. The molecule has 1 unspecified atom stereocenters. The Balaban J connectivity index is 2.00. The van der Waals surface area contributed by atoms with E-state index in [1.807, 2.05) is 0 Å². The lowest BCUT2D eigenvalue weighted by atomic mass is 10.3. The van der Waals surface area contributed by atoms with Crippen LogP contribution in [0.25, 0.3) is 0 Å². The molecule has 0 saturated heterocycles. The normalized spacial score (nSPS) is 12.3.